The van der Waals surface area contributed by atoms with Crippen molar-refractivity contribution in [2.24, 2.45) is 11.8 Å². The minimum atomic E-state index is 0.0159. The van der Waals surface area contributed by atoms with E-state index in [1.54, 1.807) is 6.07 Å². The molecule has 0 atom stereocenters. The SMILES string of the molecule is CCC(CC)C(=O)Nc1ccc(NCC(C)C)nn1. The van der Waals surface area contributed by atoms with Crippen LogP contribution < -0.4 is 10.6 Å². The number of nitrogens with one attached hydrogen (secondary N) is 2. The molecular formula is C14H24N4O. The van der Waals surface area contributed by atoms with E-state index in [4.69, 9.17) is 0 Å². The Morgan fingerprint density at radius 3 is 2.21 bits per heavy atom. The lowest BCUT2D eigenvalue weighted by atomic mass is 10.0. The summed E-state index contributed by atoms with van der Waals surface area (Å²) in [4.78, 5) is 11.9. The van der Waals surface area contributed by atoms with Crippen LogP contribution in [0, 0.1) is 11.8 Å². The molecule has 0 bridgehead atoms. The molecule has 0 aliphatic rings. The lowest BCUT2D eigenvalue weighted by molar-refractivity contribution is -0.120. The predicted octanol–water partition coefficient (Wildman–Crippen LogP) is 2.92. The highest BCUT2D eigenvalue weighted by Crippen LogP contribution is 2.12. The van der Waals surface area contributed by atoms with Crippen LogP contribution in [0.5, 0.6) is 0 Å². The average Bonchev–Trinajstić information content (AvgIpc) is 2.39. The Balaban J connectivity index is 2.54. The molecule has 1 rings (SSSR count). The second kappa shape index (κ2) is 7.71. The van der Waals surface area contributed by atoms with Crippen molar-refractivity contribution >= 4 is 17.5 Å². The van der Waals surface area contributed by atoms with Gasteiger partial charge in [0.05, 0.1) is 0 Å². The summed E-state index contributed by atoms with van der Waals surface area (Å²) in [6.45, 7) is 9.14. The van der Waals surface area contributed by atoms with E-state index in [-0.39, 0.29) is 11.8 Å². The Labute approximate surface area is 115 Å². The van der Waals surface area contributed by atoms with Gasteiger partial charge in [0.25, 0.3) is 0 Å². The van der Waals surface area contributed by atoms with Gasteiger partial charge in [0.1, 0.15) is 5.82 Å². The summed E-state index contributed by atoms with van der Waals surface area (Å²) in [6.07, 6.45) is 1.67. The molecule has 5 heteroatoms. The van der Waals surface area contributed by atoms with E-state index < -0.39 is 0 Å². The number of amides is 1. The minimum Gasteiger partial charge on any atom is -0.368 e. The van der Waals surface area contributed by atoms with E-state index in [1.807, 2.05) is 19.9 Å². The maximum Gasteiger partial charge on any atom is 0.228 e. The van der Waals surface area contributed by atoms with Crippen molar-refractivity contribution < 1.29 is 4.79 Å². The van der Waals surface area contributed by atoms with Gasteiger partial charge in [-0.1, -0.05) is 27.7 Å². The van der Waals surface area contributed by atoms with E-state index in [1.165, 1.54) is 0 Å². The molecule has 0 aromatic carbocycles. The first-order chi connectivity index (χ1) is 9.06. The van der Waals surface area contributed by atoms with Crippen molar-refractivity contribution in [1.82, 2.24) is 10.2 Å². The highest BCUT2D eigenvalue weighted by Gasteiger charge is 2.14. The van der Waals surface area contributed by atoms with Crippen LogP contribution in [-0.2, 0) is 4.79 Å². The summed E-state index contributed by atoms with van der Waals surface area (Å²) >= 11 is 0. The third kappa shape index (κ3) is 5.24. The molecule has 0 aliphatic carbocycles. The zero-order valence-corrected chi connectivity index (χ0v) is 12.2. The van der Waals surface area contributed by atoms with Crippen molar-refractivity contribution in [1.29, 1.82) is 0 Å². The lowest BCUT2D eigenvalue weighted by Gasteiger charge is -2.12. The monoisotopic (exact) mass is 264 g/mol. The van der Waals surface area contributed by atoms with Crippen molar-refractivity contribution in [3.63, 3.8) is 0 Å². The minimum absolute atomic E-state index is 0.0159. The van der Waals surface area contributed by atoms with Gasteiger partial charge >= 0.3 is 0 Å². The topological polar surface area (TPSA) is 66.9 Å². The molecule has 0 aliphatic heterocycles. The second-order valence-corrected chi connectivity index (χ2v) is 5.08. The smallest absolute Gasteiger partial charge is 0.228 e. The molecule has 0 radical (unpaired) electrons. The van der Waals surface area contributed by atoms with Gasteiger partial charge in [0, 0.05) is 12.5 Å². The fraction of sp³-hybridized carbons (Fsp3) is 0.643. The maximum atomic E-state index is 11.9. The molecule has 1 aromatic rings. The van der Waals surface area contributed by atoms with E-state index in [0.29, 0.717) is 11.7 Å². The van der Waals surface area contributed by atoms with Gasteiger partial charge in [0.15, 0.2) is 5.82 Å². The zero-order chi connectivity index (χ0) is 14.3. The average molecular weight is 264 g/mol. The van der Waals surface area contributed by atoms with Crippen LogP contribution in [0.15, 0.2) is 12.1 Å². The van der Waals surface area contributed by atoms with Gasteiger partial charge < -0.3 is 10.6 Å². The number of carbonyl (C=O) groups excluding carboxylic acids is 1. The van der Waals surface area contributed by atoms with Gasteiger partial charge in [-0.25, -0.2) is 0 Å². The quantitative estimate of drug-likeness (QED) is 0.794. The summed E-state index contributed by atoms with van der Waals surface area (Å²) < 4.78 is 0. The normalized spacial score (nSPS) is 10.8. The summed E-state index contributed by atoms with van der Waals surface area (Å²) in [7, 11) is 0. The predicted molar refractivity (Wildman–Crippen MR) is 78.1 cm³/mol. The number of hydrogen-bond donors (Lipinski definition) is 2. The Morgan fingerprint density at radius 2 is 1.74 bits per heavy atom. The molecule has 2 N–H and O–H groups in total. The number of rotatable bonds is 7. The Kier molecular flexibility index (Phi) is 6.25. The van der Waals surface area contributed by atoms with Crippen LogP contribution in [0.25, 0.3) is 0 Å². The van der Waals surface area contributed by atoms with Gasteiger partial charge in [-0.2, -0.15) is 0 Å². The molecule has 0 saturated carbocycles. The zero-order valence-electron chi connectivity index (χ0n) is 12.2. The molecule has 0 fully saturated rings. The molecular weight excluding hydrogens is 240 g/mol. The van der Waals surface area contributed by atoms with E-state index in [9.17, 15) is 4.79 Å². The highest BCUT2D eigenvalue weighted by atomic mass is 16.1. The van der Waals surface area contributed by atoms with E-state index >= 15 is 0 Å². The highest BCUT2D eigenvalue weighted by molar-refractivity contribution is 5.91. The van der Waals surface area contributed by atoms with Gasteiger partial charge in [0.2, 0.25) is 5.91 Å². The van der Waals surface area contributed by atoms with Crippen LogP contribution in [0.1, 0.15) is 40.5 Å². The van der Waals surface area contributed by atoms with E-state index in [0.717, 1.165) is 25.2 Å². The molecule has 0 spiro atoms. The number of aromatic nitrogens is 2. The van der Waals surface area contributed by atoms with Gasteiger partial charge in [-0.3, -0.25) is 4.79 Å². The summed E-state index contributed by atoms with van der Waals surface area (Å²) in [5.41, 5.74) is 0. The lowest BCUT2D eigenvalue weighted by Crippen LogP contribution is -2.22. The Hall–Kier alpha value is -1.65. The molecule has 5 nitrogen and oxygen atoms in total. The Morgan fingerprint density at radius 1 is 1.16 bits per heavy atom. The molecule has 0 unspecified atom stereocenters. The number of carbonyl (C=O) groups is 1. The van der Waals surface area contributed by atoms with Crippen LogP contribution in [-0.4, -0.2) is 22.6 Å². The van der Waals surface area contributed by atoms with Crippen LogP contribution >= 0.6 is 0 Å². The van der Waals surface area contributed by atoms with Crippen LogP contribution in [0.4, 0.5) is 11.6 Å². The molecule has 1 amide bonds. The first-order valence-corrected chi connectivity index (χ1v) is 6.95. The molecule has 19 heavy (non-hydrogen) atoms. The molecule has 106 valence electrons. The fourth-order valence-corrected chi connectivity index (χ4v) is 1.69. The van der Waals surface area contributed by atoms with E-state index in [2.05, 4.69) is 34.7 Å². The first-order valence-electron chi connectivity index (χ1n) is 6.95. The van der Waals surface area contributed by atoms with Crippen molar-refractivity contribution in [2.45, 2.75) is 40.5 Å². The summed E-state index contributed by atoms with van der Waals surface area (Å²) in [6, 6.07) is 3.60. The van der Waals surface area contributed by atoms with Crippen molar-refractivity contribution in [3.8, 4) is 0 Å². The van der Waals surface area contributed by atoms with Crippen LogP contribution in [0.3, 0.4) is 0 Å². The third-order valence-electron chi connectivity index (χ3n) is 2.96. The summed E-state index contributed by atoms with van der Waals surface area (Å²) in [5, 5.41) is 14.0. The second-order valence-electron chi connectivity index (χ2n) is 5.08. The van der Waals surface area contributed by atoms with Gasteiger partial charge in [-0.15, -0.1) is 10.2 Å². The standard InChI is InChI=1S/C14H24N4O/c1-5-11(6-2)14(19)16-13-8-7-12(17-18-13)15-9-10(3)4/h7-8,10-11H,5-6,9H2,1-4H3,(H,15,17)(H,16,18,19). The molecule has 1 aromatic heterocycles. The largest absolute Gasteiger partial charge is 0.368 e. The first kappa shape index (κ1) is 15.4. The van der Waals surface area contributed by atoms with Crippen molar-refractivity contribution in [2.75, 3.05) is 17.2 Å². The fourth-order valence-electron chi connectivity index (χ4n) is 1.69. The molecule has 1 heterocycles. The van der Waals surface area contributed by atoms with Gasteiger partial charge in [-0.05, 0) is 30.9 Å². The van der Waals surface area contributed by atoms with Crippen LogP contribution in [0.2, 0.25) is 0 Å². The molecule has 0 saturated heterocycles. The summed E-state index contributed by atoms with van der Waals surface area (Å²) in [5.74, 6) is 1.85. The maximum absolute atomic E-state index is 11.9. The third-order valence-corrected chi connectivity index (χ3v) is 2.96. The van der Waals surface area contributed by atoms with Crippen molar-refractivity contribution in [3.05, 3.63) is 12.1 Å². The number of nitrogens with zero attached hydrogens (tertiary/aromatic N) is 2. The number of hydrogen-bond acceptors (Lipinski definition) is 4. The Bertz CT molecular complexity index is 385. The number of anilines is 2.